The fraction of sp³-hybridized carbons (Fsp3) is 0.571. The van der Waals surface area contributed by atoms with Crippen molar-refractivity contribution in [2.45, 2.75) is 46.1 Å². The van der Waals surface area contributed by atoms with E-state index in [9.17, 15) is 8.78 Å². The first-order valence-electron chi connectivity index (χ1n) is 5.98. The molecule has 0 saturated carbocycles. The van der Waals surface area contributed by atoms with E-state index in [-0.39, 0.29) is 23.4 Å². The van der Waals surface area contributed by atoms with Crippen LogP contribution in [0.3, 0.4) is 0 Å². The Hall–Kier alpha value is -0.960. The summed E-state index contributed by atoms with van der Waals surface area (Å²) in [7, 11) is 0. The van der Waals surface area contributed by atoms with E-state index < -0.39 is 11.6 Å². The minimum absolute atomic E-state index is 0.105. The van der Waals surface area contributed by atoms with Gasteiger partial charge in [0.1, 0.15) is 11.6 Å². The molecule has 1 nitrogen and oxygen atoms in total. The Morgan fingerprint density at radius 3 is 2.18 bits per heavy atom. The van der Waals surface area contributed by atoms with Gasteiger partial charge >= 0.3 is 0 Å². The molecule has 3 heteroatoms. The van der Waals surface area contributed by atoms with Gasteiger partial charge in [-0.25, -0.2) is 8.78 Å². The molecule has 96 valence electrons. The maximum Gasteiger partial charge on any atom is 0.129 e. The normalized spacial score (nSPS) is 13.8. The van der Waals surface area contributed by atoms with Gasteiger partial charge in [-0.2, -0.15) is 0 Å². The molecule has 2 N–H and O–H groups in total. The zero-order valence-electron chi connectivity index (χ0n) is 10.8. The lowest BCUT2D eigenvalue weighted by Crippen LogP contribution is -2.25. The number of benzene rings is 1. The predicted octanol–water partition coefficient (Wildman–Crippen LogP) is 3.66. The van der Waals surface area contributed by atoms with Gasteiger partial charge in [-0.15, -0.1) is 0 Å². The van der Waals surface area contributed by atoms with Crippen LogP contribution in [0.25, 0.3) is 0 Å². The Kier molecular flexibility index (Phi) is 4.63. The van der Waals surface area contributed by atoms with E-state index in [2.05, 4.69) is 20.8 Å². The summed E-state index contributed by atoms with van der Waals surface area (Å²) in [6.45, 7) is 6.39. The number of nitrogens with two attached hydrogens (primary N) is 1. The quantitative estimate of drug-likeness (QED) is 0.855. The van der Waals surface area contributed by atoms with Crippen LogP contribution in [0.15, 0.2) is 18.2 Å². The highest BCUT2D eigenvalue weighted by Gasteiger charge is 2.16. The van der Waals surface area contributed by atoms with Gasteiger partial charge in [-0.3, -0.25) is 0 Å². The third kappa shape index (κ3) is 4.82. The summed E-state index contributed by atoms with van der Waals surface area (Å²) in [5, 5.41) is 0. The summed E-state index contributed by atoms with van der Waals surface area (Å²) < 4.78 is 26.8. The second kappa shape index (κ2) is 5.58. The van der Waals surface area contributed by atoms with Crippen LogP contribution in [-0.2, 0) is 6.42 Å². The zero-order valence-corrected chi connectivity index (χ0v) is 10.8. The van der Waals surface area contributed by atoms with E-state index >= 15 is 0 Å². The smallest absolute Gasteiger partial charge is 0.129 e. The Morgan fingerprint density at radius 2 is 1.71 bits per heavy atom. The fourth-order valence-corrected chi connectivity index (χ4v) is 1.71. The van der Waals surface area contributed by atoms with Crippen molar-refractivity contribution >= 4 is 0 Å². The van der Waals surface area contributed by atoms with Crippen molar-refractivity contribution in [3.05, 3.63) is 35.4 Å². The van der Waals surface area contributed by atoms with Crippen molar-refractivity contribution in [3.8, 4) is 0 Å². The van der Waals surface area contributed by atoms with E-state index in [1.54, 1.807) is 0 Å². The SMILES string of the molecule is CC(C)(C)CCC(N)Cc1c(F)cccc1F. The van der Waals surface area contributed by atoms with E-state index in [0.29, 0.717) is 0 Å². The number of rotatable bonds is 4. The highest BCUT2D eigenvalue weighted by molar-refractivity contribution is 5.20. The van der Waals surface area contributed by atoms with Crippen LogP contribution in [0.2, 0.25) is 0 Å². The molecule has 0 spiro atoms. The largest absolute Gasteiger partial charge is 0.327 e. The summed E-state index contributed by atoms with van der Waals surface area (Å²) in [5.74, 6) is -1.01. The average molecular weight is 241 g/mol. The molecular formula is C14H21F2N. The maximum atomic E-state index is 13.4. The number of halogens is 2. The first kappa shape index (κ1) is 14.1. The molecule has 1 rings (SSSR count). The minimum atomic E-state index is -0.504. The topological polar surface area (TPSA) is 26.0 Å². The molecule has 0 amide bonds. The second-order valence-electron chi connectivity index (χ2n) is 5.76. The van der Waals surface area contributed by atoms with Crippen LogP contribution in [0.1, 0.15) is 39.2 Å². The lowest BCUT2D eigenvalue weighted by atomic mass is 9.87. The molecule has 1 aromatic rings. The van der Waals surface area contributed by atoms with E-state index in [1.807, 2.05) is 0 Å². The highest BCUT2D eigenvalue weighted by Crippen LogP contribution is 2.23. The second-order valence-corrected chi connectivity index (χ2v) is 5.76. The van der Waals surface area contributed by atoms with Crippen molar-refractivity contribution in [1.29, 1.82) is 0 Å². The highest BCUT2D eigenvalue weighted by atomic mass is 19.1. The lowest BCUT2D eigenvalue weighted by molar-refractivity contribution is 0.345. The van der Waals surface area contributed by atoms with E-state index in [1.165, 1.54) is 18.2 Å². The summed E-state index contributed by atoms with van der Waals surface area (Å²) >= 11 is 0. The molecule has 0 bridgehead atoms. The van der Waals surface area contributed by atoms with Crippen LogP contribution in [0.5, 0.6) is 0 Å². The van der Waals surface area contributed by atoms with Crippen LogP contribution >= 0.6 is 0 Å². The molecule has 0 heterocycles. The molecule has 0 saturated heterocycles. The molecule has 1 aromatic carbocycles. The molecule has 0 aliphatic carbocycles. The van der Waals surface area contributed by atoms with E-state index in [4.69, 9.17) is 5.73 Å². The van der Waals surface area contributed by atoms with Crippen LogP contribution in [0.4, 0.5) is 8.78 Å². The summed E-state index contributed by atoms with van der Waals surface area (Å²) in [5.41, 5.74) is 6.22. The zero-order chi connectivity index (χ0) is 13.1. The van der Waals surface area contributed by atoms with Gasteiger partial charge in [0, 0.05) is 11.6 Å². The molecule has 1 unspecified atom stereocenters. The number of hydrogen-bond acceptors (Lipinski definition) is 1. The standard InChI is InChI=1S/C14H21F2N/c1-14(2,3)8-7-10(17)9-11-12(15)5-4-6-13(11)16/h4-6,10H,7-9,17H2,1-3H3. The monoisotopic (exact) mass is 241 g/mol. The summed E-state index contributed by atoms with van der Waals surface area (Å²) in [6.07, 6.45) is 1.98. The van der Waals surface area contributed by atoms with Gasteiger partial charge in [0.15, 0.2) is 0 Å². The van der Waals surface area contributed by atoms with Crippen LogP contribution in [0, 0.1) is 17.0 Å². The predicted molar refractivity (Wildman–Crippen MR) is 66.7 cm³/mol. The van der Waals surface area contributed by atoms with Gasteiger partial charge in [0.2, 0.25) is 0 Å². The van der Waals surface area contributed by atoms with Gasteiger partial charge < -0.3 is 5.73 Å². The van der Waals surface area contributed by atoms with Crippen molar-refractivity contribution in [3.63, 3.8) is 0 Å². The maximum absolute atomic E-state index is 13.4. The third-order valence-corrected chi connectivity index (χ3v) is 2.79. The van der Waals surface area contributed by atoms with Crippen molar-refractivity contribution < 1.29 is 8.78 Å². The van der Waals surface area contributed by atoms with Gasteiger partial charge in [-0.1, -0.05) is 26.8 Å². The Labute approximate surface area is 102 Å². The average Bonchev–Trinajstić information content (AvgIpc) is 2.20. The van der Waals surface area contributed by atoms with Gasteiger partial charge in [0.05, 0.1) is 0 Å². The van der Waals surface area contributed by atoms with E-state index in [0.717, 1.165) is 12.8 Å². The first-order chi connectivity index (χ1) is 7.79. The molecule has 0 fully saturated rings. The van der Waals surface area contributed by atoms with Gasteiger partial charge in [-0.05, 0) is 36.8 Å². The van der Waals surface area contributed by atoms with Crippen molar-refractivity contribution in [2.75, 3.05) is 0 Å². The molecular weight excluding hydrogens is 220 g/mol. The van der Waals surface area contributed by atoms with Gasteiger partial charge in [0.25, 0.3) is 0 Å². The number of hydrogen-bond donors (Lipinski definition) is 1. The summed E-state index contributed by atoms with van der Waals surface area (Å²) in [6, 6.07) is 3.72. The lowest BCUT2D eigenvalue weighted by Gasteiger charge is -2.21. The molecule has 0 radical (unpaired) electrons. The molecule has 0 aliphatic rings. The molecule has 0 aliphatic heterocycles. The molecule has 17 heavy (non-hydrogen) atoms. The fourth-order valence-electron chi connectivity index (χ4n) is 1.71. The minimum Gasteiger partial charge on any atom is -0.327 e. The Bertz CT molecular complexity index is 349. The van der Waals surface area contributed by atoms with Crippen LogP contribution < -0.4 is 5.73 Å². The van der Waals surface area contributed by atoms with Crippen molar-refractivity contribution in [1.82, 2.24) is 0 Å². The first-order valence-corrected chi connectivity index (χ1v) is 5.98. The Balaban J connectivity index is 2.59. The molecule has 0 aromatic heterocycles. The van der Waals surface area contributed by atoms with Crippen molar-refractivity contribution in [2.24, 2.45) is 11.1 Å². The van der Waals surface area contributed by atoms with Crippen LogP contribution in [-0.4, -0.2) is 6.04 Å². The Morgan fingerprint density at radius 1 is 1.18 bits per heavy atom. The molecule has 1 atom stereocenters. The third-order valence-electron chi connectivity index (χ3n) is 2.79. The summed E-state index contributed by atoms with van der Waals surface area (Å²) in [4.78, 5) is 0.